The molecule has 20 heavy (non-hydrogen) atoms. The van der Waals surface area contributed by atoms with Crippen molar-refractivity contribution in [2.45, 2.75) is 45.1 Å². The third-order valence-corrected chi connectivity index (χ3v) is 4.35. The highest BCUT2D eigenvalue weighted by atomic mass is 79.9. The lowest BCUT2D eigenvalue weighted by molar-refractivity contribution is -0.141. The molecule has 1 fully saturated rings. The minimum atomic E-state index is -4.50. The molecular formula is C12H14BBrF3NO2. The molecule has 0 N–H and O–H groups in total. The van der Waals surface area contributed by atoms with Gasteiger partial charge in [0.25, 0.3) is 0 Å². The SMILES string of the molecule is CC1(C)OB(c2cc(C(F)(F)F)ncc2Br)OC1(C)C. The summed E-state index contributed by atoms with van der Waals surface area (Å²) in [4.78, 5) is 3.37. The standard InChI is InChI=1S/C12H14BBrF3NO2/c1-10(2)11(3,4)20-13(19-10)7-5-9(12(15,16)17)18-6-8(7)14/h5-6H,1-4H3. The molecule has 0 atom stereocenters. The van der Waals surface area contributed by atoms with E-state index in [0.29, 0.717) is 4.47 Å². The molecule has 1 aromatic heterocycles. The Morgan fingerprint density at radius 1 is 1.15 bits per heavy atom. The second-order valence-electron chi connectivity index (χ2n) is 5.68. The van der Waals surface area contributed by atoms with Crippen molar-refractivity contribution in [1.82, 2.24) is 4.98 Å². The van der Waals surface area contributed by atoms with E-state index in [1.54, 1.807) is 0 Å². The van der Waals surface area contributed by atoms with Gasteiger partial charge >= 0.3 is 13.3 Å². The van der Waals surface area contributed by atoms with Gasteiger partial charge in [0.1, 0.15) is 5.69 Å². The van der Waals surface area contributed by atoms with E-state index in [4.69, 9.17) is 9.31 Å². The molecule has 110 valence electrons. The van der Waals surface area contributed by atoms with E-state index in [-0.39, 0.29) is 5.46 Å². The average Bonchev–Trinajstić information content (AvgIpc) is 2.46. The Labute approximate surface area is 124 Å². The lowest BCUT2D eigenvalue weighted by atomic mass is 9.79. The van der Waals surface area contributed by atoms with Gasteiger partial charge in [0.05, 0.1) is 11.2 Å². The molecule has 2 heterocycles. The molecule has 1 aromatic rings. The molecule has 0 bridgehead atoms. The number of aromatic nitrogens is 1. The summed E-state index contributed by atoms with van der Waals surface area (Å²) in [6.45, 7) is 7.36. The van der Waals surface area contributed by atoms with E-state index in [9.17, 15) is 13.2 Å². The summed E-state index contributed by atoms with van der Waals surface area (Å²) >= 11 is 3.19. The Bertz CT molecular complexity index is 518. The fourth-order valence-corrected chi connectivity index (χ4v) is 2.16. The smallest absolute Gasteiger partial charge is 0.399 e. The quantitative estimate of drug-likeness (QED) is 0.728. The zero-order chi connectivity index (χ0) is 15.3. The highest BCUT2D eigenvalue weighted by Crippen LogP contribution is 2.37. The number of hydrogen-bond donors (Lipinski definition) is 0. The van der Waals surface area contributed by atoms with E-state index in [0.717, 1.165) is 12.3 Å². The molecule has 0 aliphatic carbocycles. The first-order chi connectivity index (χ1) is 8.94. The maximum absolute atomic E-state index is 12.7. The Kier molecular flexibility index (Phi) is 3.72. The second-order valence-corrected chi connectivity index (χ2v) is 6.53. The van der Waals surface area contributed by atoms with Crippen LogP contribution in [0.15, 0.2) is 16.7 Å². The van der Waals surface area contributed by atoms with Gasteiger partial charge < -0.3 is 9.31 Å². The monoisotopic (exact) mass is 351 g/mol. The first kappa shape index (κ1) is 15.8. The number of pyridine rings is 1. The Morgan fingerprint density at radius 3 is 2.10 bits per heavy atom. The summed E-state index contributed by atoms with van der Waals surface area (Å²) in [5, 5.41) is 0. The molecule has 0 aromatic carbocycles. The lowest BCUT2D eigenvalue weighted by Gasteiger charge is -2.32. The molecule has 0 unspecified atom stereocenters. The van der Waals surface area contributed by atoms with Crippen molar-refractivity contribution in [3.05, 3.63) is 22.4 Å². The molecule has 0 saturated carbocycles. The molecule has 0 amide bonds. The molecule has 0 spiro atoms. The number of rotatable bonds is 1. The van der Waals surface area contributed by atoms with Crippen molar-refractivity contribution < 1.29 is 22.5 Å². The molecule has 2 rings (SSSR count). The van der Waals surface area contributed by atoms with E-state index < -0.39 is 30.2 Å². The molecule has 1 aliphatic rings. The van der Waals surface area contributed by atoms with Crippen LogP contribution in [0.2, 0.25) is 0 Å². The summed E-state index contributed by atoms with van der Waals surface area (Å²) < 4.78 is 50.1. The third-order valence-electron chi connectivity index (χ3n) is 3.68. The largest absolute Gasteiger partial charge is 0.496 e. The van der Waals surface area contributed by atoms with Crippen LogP contribution >= 0.6 is 15.9 Å². The van der Waals surface area contributed by atoms with Gasteiger partial charge in [-0.2, -0.15) is 13.2 Å². The molecule has 8 heteroatoms. The Hall–Kier alpha value is -0.595. The second kappa shape index (κ2) is 4.71. The van der Waals surface area contributed by atoms with E-state index in [2.05, 4.69) is 20.9 Å². The third kappa shape index (κ3) is 2.73. The van der Waals surface area contributed by atoms with Crippen molar-refractivity contribution in [1.29, 1.82) is 0 Å². The molecule has 1 saturated heterocycles. The maximum Gasteiger partial charge on any atom is 0.496 e. The van der Waals surface area contributed by atoms with Crippen molar-refractivity contribution in [3.8, 4) is 0 Å². The highest BCUT2D eigenvalue weighted by molar-refractivity contribution is 9.10. The summed E-state index contributed by atoms with van der Waals surface area (Å²) in [6, 6.07) is 0.951. The predicted molar refractivity (Wildman–Crippen MR) is 72.7 cm³/mol. The van der Waals surface area contributed by atoms with Gasteiger partial charge in [0, 0.05) is 16.1 Å². The summed E-state index contributed by atoms with van der Waals surface area (Å²) in [5.74, 6) is 0. The van der Waals surface area contributed by atoms with Gasteiger partial charge in [-0.3, -0.25) is 4.98 Å². The van der Waals surface area contributed by atoms with E-state index >= 15 is 0 Å². The van der Waals surface area contributed by atoms with Gasteiger partial charge in [-0.1, -0.05) is 0 Å². The average molecular weight is 352 g/mol. The van der Waals surface area contributed by atoms with Gasteiger partial charge in [-0.15, -0.1) is 0 Å². The van der Waals surface area contributed by atoms with Crippen molar-refractivity contribution >= 4 is 28.5 Å². The molecular weight excluding hydrogens is 338 g/mol. The Morgan fingerprint density at radius 2 is 1.65 bits per heavy atom. The predicted octanol–water partition coefficient (Wildman–Crippen LogP) is 3.16. The van der Waals surface area contributed by atoms with E-state index in [1.807, 2.05) is 27.7 Å². The van der Waals surface area contributed by atoms with Crippen LogP contribution in [0.5, 0.6) is 0 Å². The van der Waals surface area contributed by atoms with Crippen molar-refractivity contribution in [2.24, 2.45) is 0 Å². The number of halogens is 4. The maximum atomic E-state index is 12.7. The summed E-state index contributed by atoms with van der Waals surface area (Å²) in [5.41, 5.74) is -1.91. The van der Waals surface area contributed by atoms with Crippen LogP contribution in [-0.4, -0.2) is 23.3 Å². The van der Waals surface area contributed by atoms with Gasteiger partial charge in [-0.25, -0.2) is 0 Å². The topological polar surface area (TPSA) is 31.4 Å². The van der Waals surface area contributed by atoms with Gasteiger partial charge in [-0.05, 0) is 49.7 Å². The van der Waals surface area contributed by atoms with E-state index in [1.165, 1.54) is 0 Å². The minimum absolute atomic E-state index is 0.283. The van der Waals surface area contributed by atoms with Crippen LogP contribution in [0, 0.1) is 0 Å². The molecule has 3 nitrogen and oxygen atoms in total. The molecule has 1 aliphatic heterocycles. The number of hydrogen-bond acceptors (Lipinski definition) is 3. The van der Waals surface area contributed by atoms with Crippen LogP contribution in [0.1, 0.15) is 33.4 Å². The number of alkyl halides is 3. The van der Waals surface area contributed by atoms with Gasteiger partial charge in [0.2, 0.25) is 0 Å². The minimum Gasteiger partial charge on any atom is -0.399 e. The normalized spacial score (nSPS) is 21.3. The van der Waals surface area contributed by atoms with Crippen LogP contribution in [0.4, 0.5) is 13.2 Å². The van der Waals surface area contributed by atoms with Crippen LogP contribution in [0.25, 0.3) is 0 Å². The first-order valence-electron chi connectivity index (χ1n) is 6.02. The lowest BCUT2D eigenvalue weighted by Crippen LogP contribution is -2.41. The summed E-state index contributed by atoms with van der Waals surface area (Å²) in [7, 11) is -0.863. The summed E-state index contributed by atoms with van der Waals surface area (Å²) in [6.07, 6.45) is -3.39. The van der Waals surface area contributed by atoms with Crippen molar-refractivity contribution in [3.63, 3.8) is 0 Å². The first-order valence-corrected chi connectivity index (χ1v) is 6.82. The zero-order valence-electron chi connectivity index (χ0n) is 11.5. The van der Waals surface area contributed by atoms with Crippen LogP contribution < -0.4 is 5.46 Å². The van der Waals surface area contributed by atoms with Crippen molar-refractivity contribution in [2.75, 3.05) is 0 Å². The fourth-order valence-electron chi connectivity index (χ4n) is 1.76. The Balaban J connectivity index is 2.40. The van der Waals surface area contributed by atoms with Crippen LogP contribution in [0.3, 0.4) is 0 Å². The molecule has 0 radical (unpaired) electrons. The fraction of sp³-hybridized carbons (Fsp3) is 0.583. The van der Waals surface area contributed by atoms with Gasteiger partial charge in [0.15, 0.2) is 0 Å². The van der Waals surface area contributed by atoms with Crippen LogP contribution in [-0.2, 0) is 15.5 Å². The zero-order valence-corrected chi connectivity index (χ0v) is 13.1. The highest BCUT2D eigenvalue weighted by Gasteiger charge is 2.52. The number of nitrogens with zero attached hydrogens (tertiary/aromatic N) is 1.